The second-order valence-electron chi connectivity index (χ2n) is 8.92. The van der Waals surface area contributed by atoms with Gasteiger partial charge in [-0.1, -0.05) is 25.0 Å². The van der Waals surface area contributed by atoms with E-state index in [9.17, 15) is 14.7 Å². The van der Waals surface area contributed by atoms with Gasteiger partial charge in [-0.25, -0.2) is 0 Å². The Bertz CT molecular complexity index is 1100. The van der Waals surface area contributed by atoms with Crippen LogP contribution < -0.4 is 14.2 Å². The van der Waals surface area contributed by atoms with Crippen molar-refractivity contribution in [3.63, 3.8) is 0 Å². The number of benzene rings is 2. The molecule has 0 spiro atoms. The topological polar surface area (TPSA) is 85.3 Å². The van der Waals surface area contributed by atoms with Crippen molar-refractivity contribution in [2.45, 2.75) is 57.7 Å². The van der Waals surface area contributed by atoms with Crippen molar-refractivity contribution in [3.05, 3.63) is 59.2 Å². The van der Waals surface area contributed by atoms with Crippen LogP contribution in [0.3, 0.4) is 0 Å². The van der Waals surface area contributed by atoms with Crippen LogP contribution in [0.1, 0.15) is 56.7 Å². The lowest BCUT2D eigenvalue weighted by atomic mass is 9.93. The Morgan fingerprint density at radius 1 is 1.00 bits per heavy atom. The lowest BCUT2D eigenvalue weighted by Gasteiger charge is -2.31. The highest BCUT2D eigenvalue weighted by Gasteiger charge is 2.50. The summed E-state index contributed by atoms with van der Waals surface area (Å²) in [5.41, 5.74) is 1.10. The van der Waals surface area contributed by atoms with E-state index in [-0.39, 0.29) is 23.5 Å². The average molecular weight is 466 g/mol. The molecule has 2 fully saturated rings. The van der Waals surface area contributed by atoms with E-state index in [2.05, 4.69) is 0 Å². The van der Waals surface area contributed by atoms with Crippen LogP contribution in [-0.2, 0) is 9.59 Å². The summed E-state index contributed by atoms with van der Waals surface area (Å²) in [7, 11) is 3.06. The van der Waals surface area contributed by atoms with E-state index in [1.807, 2.05) is 19.9 Å². The van der Waals surface area contributed by atoms with E-state index in [1.165, 1.54) is 14.2 Å². The number of nitrogens with zero attached hydrogens (tertiary/aromatic N) is 1. The van der Waals surface area contributed by atoms with Crippen molar-refractivity contribution >= 4 is 17.4 Å². The Labute approximate surface area is 199 Å². The fourth-order valence-electron chi connectivity index (χ4n) is 4.96. The van der Waals surface area contributed by atoms with Crippen molar-refractivity contribution < 1.29 is 28.9 Å². The maximum Gasteiger partial charge on any atom is 0.295 e. The third-order valence-electron chi connectivity index (χ3n) is 6.43. The Hall–Kier alpha value is -3.48. The van der Waals surface area contributed by atoms with Gasteiger partial charge in [-0.05, 0) is 57.0 Å². The molecule has 1 atom stereocenters. The Kier molecular flexibility index (Phi) is 6.82. The Balaban J connectivity index is 1.88. The maximum atomic E-state index is 13.3. The molecule has 1 saturated carbocycles. The molecule has 2 aliphatic rings. The SMILES string of the molecule is COc1cccc(C2/C(=C(/O)c3ccc(OC(C)C)cc3)C(=O)C(=O)N2C2CCCC2)c1OC. The summed E-state index contributed by atoms with van der Waals surface area (Å²) in [5.74, 6) is 0.0809. The van der Waals surface area contributed by atoms with Crippen molar-refractivity contribution in [1.29, 1.82) is 0 Å². The number of carbonyl (C=O) groups excluding carboxylic acids is 2. The molecule has 4 rings (SSSR count). The van der Waals surface area contributed by atoms with Crippen molar-refractivity contribution in [2.24, 2.45) is 0 Å². The number of hydrogen-bond donors (Lipinski definition) is 1. The summed E-state index contributed by atoms with van der Waals surface area (Å²) in [6.45, 7) is 3.86. The molecule has 1 amide bonds. The van der Waals surface area contributed by atoms with E-state index in [0.717, 1.165) is 25.7 Å². The first-order valence-electron chi connectivity index (χ1n) is 11.7. The monoisotopic (exact) mass is 465 g/mol. The van der Waals surface area contributed by atoms with Crippen molar-refractivity contribution in [2.75, 3.05) is 14.2 Å². The largest absolute Gasteiger partial charge is 0.507 e. The van der Waals surface area contributed by atoms with Crippen molar-refractivity contribution in [1.82, 2.24) is 4.90 Å². The molecule has 0 bridgehead atoms. The molecule has 1 N–H and O–H groups in total. The van der Waals surface area contributed by atoms with Gasteiger partial charge in [0.25, 0.3) is 11.7 Å². The van der Waals surface area contributed by atoms with Crippen LogP contribution in [0, 0.1) is 0 Å². The van der Waals surface area contributed by atoms with Crippen LogP contribution in [0.2, 0.25) is 0 Å². The molecule has 7 nitrogen and oxygen atoms in total. The van der Waals surface area contributed by atoms with Gasteiger partial charge in [0.2, 0.25) is 0 Å². The second-order valence-corrected chi connectivity index (χ2v) is 8.92. The third kappa shape index (κ3) is 4.22. The molecular formula is C27H31NO6. The lowest BCUT2D eigenvalue weighted by Crippen LogP contribution is -2.37. The summed E-state index contributed by atoms with van der Waals surface area (Å²) in [4.78, 5) is 28.3. The van der Waals surface area contributed by atoms with Crippen molar-refractivity contribution in [3.8, 4) is 17.2 Å². The number of likely N-dealkylation sites (tertiary alicyclic amines) is 1. The van der Waals surface area contributed by atoms with Crippen LogP contribution in [0.25, 0.3) is 5.76 Å². The van der Waals surface area contributed by atoms with Crippen LogP contribution in [-0.4, -0.2) is 48.1 Å². The molecule has 2 aromatic rings. The van der Waals surface area contributed by atoms with Gasteiger partial charge >= 0.3 is 0 Å². The molecule has 1 aliphatic carbocycles. The second kappa shape index (κ2) is 9.79. The molecule has 1 heterocycles. The Morgan fingerprint density at radius 3 is 2.26 bits per heavy atom. The smallest absolute Gasteiger partial charge is 0.295 e. The zero-order chi connectivity index (χ0) is 24.4. The van der Waals surface area contributed by atoms with Crippen LogP contribution in [0.5, 0.6) is 17.2 Å². The molecule has 34 heavy (non-hydrogen) atoms. The fourth-order valence-corrected chi connectivity index (χ4v) is 4.96. The van der Waals surface area contributed by atoms with Gasteiger partial charge in [0.1, 0.15) is 11.5 Å². The molecule has 0 radical (unpaired) electrons. The normalized spacial score (nSPS) is 20.3. The molecule has 7 heteroatoms. The summed E-state index contributed by atoms with van der Waals surface area (Å²) >= 11 is 0. The van der Waals surface area contributed by atoms with E-state index in [1.54, 1.807) is 41.3 Å². The van der Waals surface area contributed by atoms with Gasteiger partial charge < -0.3 is 24.2 Å². The number of ether oxygens (including phenoxy) is 3. The minimum Gasteiger partial charge on any atom is -0.507 e. The molecule has 1 saturated heterocycles. The number of para-hydroxylation sites is 1. The number of amides is 1. The molecule has 180 valence electrons. The van der Waals surface area contributed by atoms with E-state index < -0.39 is 17.7 Å². The van der Waals surface area contributed by atoms with E-state index in [4.69, 9.17) is 14.2 Å². The zero-order valence-corrected chi connectivity index (χ0v) is 20.0. The molecule has 1 unspecified atom stereocenters. The fraction of sp³-hybridized carbons (Fsp3) is 0.407. The molecule has 2 aromatic carbocycles. The molecule has 1 aliphatic heterocycles. The third-order valence-corrected chi connectivity index (χ3v) is 6.43. The van der Waals surface area contributed by atoms with Gasteiger partial charge in [0, 0.05) is 17.2 Å². The summed E-state index contributed by atoms with van der Waals surface area (Å²) < 4.78 is 16.8. The average Bonchev–Trinajstić information content (AvgIpc) is 3.44. The number of rotatable bonds is 7. The van der Waals surface area contributed by atoms with Crippen LogP contribution in [0.15, 0.2) is 48.0 Å². The molecule has 0 aromatic heterocycles. The highest BCUT2D eigenvalue weighted by atomic mass is 16.5. The number of carbonyl (C=O) groups is 2. The van der Waals surface area contributed by atoms with Gasteiger partial charge in [-0.15, -0.1) is 0 Å². The van der Waals surface area contributed by atoms with Crippen LogP contribution >= 0.6 is 0 Å². The predicted octanol–water partition coefficient (Wildman–Crippen LogP) is 4.86. The number of aliphatic hydroxyl groups excluding tert-OH is 1. The summed E-state index contributed by atoms with van der Waals surface area (Å²) in [6.07, 6.45) is 3.63. The Morgan fingerprint density at radius 2 is 1.68 bits per heavy atom. The summed E-state index contributed by atoms with van der Waals surface area (Å²) in [5, 5.41) is 11.3. The van der Waals surface area contributed by atoms with Gasteiger partial charge in [-0.3, -0.25) is 9.59 Å². The lowest BCUT2D eigenvalue weighted by molar-refractivity contribution is -0.141. The van der Waals surface area contributed by atoms with Crippen LogP contribution in [0.4, 0.5) is 0 Å². The first-order valence-corrected chi connectivity index (χ1v) is 11.7. The minimum atomic E-state index is -0.778. The highest BCUT2D eigenvalue weighted by molar-refractivity contribution is 6.46. The minimum absolute atomic E-state index is 0.0108. The quantitative estimate of drug-likeness (QED) is 0.357. The number of methoxy groups -OCH3 is 2. The van der Waals surface area contributed by atoms with Gasteiger partial charge in [0.05, 0.1) is 31.9 Å². The number of aliphatic hydroxyl groups is 1. The maximum absolute atomic E-state index is 13.3. The van der Waals surface area contributed by atoms with Gasteiger partial charge in [0.15, 0.2) is 11.5 Å². The predicted molar refractivity (Wildman–Crippen MR) is 128 cm³/mol. The first kappa shape index (κ1) is 23.7. The number of hydrogen-bond acceptors (Lipinski definition) is 6. The number of Topliss-reactive ketones (excluding diaryl/α,β-unsaturated/α-hetero) is 1. The highest BCUT2D eigenvalue weighted by Crippen LogP contribution is 2.48. The van der Waals surface area contributed by atoms with Gasteiger partial charge in [-0.2, -0.15) is 0 Å². The standard InChI is InChI=1S/C27H31NO6/c1-16(2)34-19-14-12-17(13-15-19)24(29)22-23(20-10-7-11-21(32-3)26(20)33-4)28(27(31)25(22)30)18-8-5-6-9-18/h7,10-16,18,23,29H,5-6,8-9H2,1-4H3/b24-22-. The molecular weight excluding hydrogens is 434 g/mol. The van der Waals surface area contributed by atoms with E-state index >= 15 is 0 Å². The van der Waals surface area contributed by atoms with E-state index in [0.29, 0.717) is 28.4 Å². The number of ketones is 1. The first-order chi connectivity index (χ1) is 16.4. The zero-order valence-electron chi connectivity index (χ0n) is 20.0. The summed E-state index contributed by atoms with van der Waals surface area (Å²) in [6, 6.07) is 11.4.